The Morgan fingerprint density at radius 3 is 2.86 bits per heavy atom. The van der Waals surface area contributed by atoms with E-state index in [2.05, 4.69) is 24.1 Å². The van der Waals surface area contributed by atoms with E-state index in [-0.39, 0.29) is 12.0 Å². The molecular weight excluding hydrogens is 180 g/mol. The standard InChI is InChI=1S/C10H16N2O2/c1-10(2,7-12-6-9(13)14)8-3-4-11-5-8/h3-5,11-12H,6-7H2,1-2H3,(H,13,14). The Balaban J connectivity index is 2.46. The van der Waals surface area contributed by atoms with Crippen LogP contribution in [0, 0.1) is 0 Å². The predicted molar refractivity (Wildman–Crippen MR) is 54.3 cm³/mol. The fraction of sp³-hybridized carbons (Fsp3) is 0.500. The maximum Gasteiger partial charge on any atom is 0.317 e. The van der Waals surface area contributed by atoms with Crippen LogP contribution in [0.2, 0.25) is 0 Å². The first-order valence-corrected chi connectivity index (χ1v) is 4.58. The summed E-state index contributed by atoms with van der Waals surface area (Å²) in [6.45, 7) is 4.81. The minimum absolute atomic E-state index is 0.00779. The third kappa shape index (κ3) is 2.88. The molecule has 0 saturated carbocycles. The van der Waals surface area contributed by atoms with Crippen molar-refractivity contribution in [2.45, 2.75) is 19.3 Å². The Morgan fingerprint density at radius 1 is 1.64 bits per heavy atom. The molecular formula is C10H16N2O2. The first kappa shape index (κ1) is 10.8. The molecule has 0 amide bonds. The second-order valence-electron chi connectivity index (χ2n) is 3.98. The van der Waals surface area contributed by atoms with Crippen molar-refractivity contribution in [1.82, 2.24) is 10.3 Å². The number of carboxylic acids is 1. The highest BCUT2D eigenvalue weighted by atomic mass is 16.4. The van der Waals surface area contributed by atoms with Crippen LogP contribution in [0.4, 0.5) is 0 Å². The van der Waals surface area contributed by atoms with Crippen molar-refractivity contribution in [2.75, 3.05) is 13.1 Å². The van der Waals surface area contributed by atoms with Gasteiger partial charge in [0.15, 0.2) is 0 Å². The molecule has 4 heteroatoms. The molecule has 0 fully saturated rings. The van der Waals surface area contributed by atoms with Crippen molar-refractivity contribution >= 4 is 5.97 Å². The minimum atomic E-state index is -0.824. The van der Waals surface area contributed by atoms with E-state index in [1.165, 1.54) is 5.56 Å². The molecule has 0 aliphatic heterocycles. The van der Waals surface area contributed by atoms with Gasteiger partial charge in [-0.15, -0.1) is 0 Å². The van der Waals surface area contributed by atoms with Gasteiger partial charge in [-0.05, 0) is 11.6 Å². The highest BCUT2D eigenvalue weighted by Gasteiger charge is 2.20. The Labute approximate surface area is 83.3 Å². The number of rotatable bonds is 5. The fourth-order valence-corrected chi connectivity index (χ4v) is 1.33. The van der Waals surface area contributed by atoms with Gasteiger partial charge in [-0.2, -0.15) is 0 Å². The third-order valence-electron chi connectivity index (χ3n) is 2.22. The van der Waals surface area contributed by atoms with E-state index in [1.54, 1.807) is 0 Å². The van der Waals surface area contributed by atoms with E-state index in [0.29, 0.717) is 6.54 Å². The molecule has 1 aromatic rings. The lowest BCUT2D eigenvalue weighted by molar-refractivity contribution is -0.136. The average molecular weight is 196 g/mol. The zero-order valence-corrected chi connectivity index (χ0v) is 8.50. The number of aromatic nitrogens is 1. The lowest BCUT2D eigenvalue weighted by Gasteiger charge is -2.23. The average Bonchev–Trinajstić information content (AvgIpc) is 2.54. The zero-order valence-electron chi connectivity index (χ0n) is 8.50. The third-order valence-corrected chi connectivity index (χ3v) is 2.22. The van der Waals surface area contributed by atoms with Crippen molar-refractivity contribution in [3.8, 4) is 0 Å². The number of aromatic amines is 1. The van der Waals surface area contributed by atoms with Gasteiger partial charge in [0, 0.05) is 24.4 Å². The Hall–Kier alpha value is -1.29. The second kappa shape index (κ2) is 4.28. The van der Waals surface area contributed by atoms with E-state index in [4.69, 9.17) is 5.11 Å². The summed E-state index contributed by atoms with van der Waals surface area (Å²) in [5, 5.41) is 11.4. The molecule has 78 valence electrons. The van der Waals surface area contributed by atoms with Crippen LogP contribution in [-0.2, 0) is 10.2 Å². The molecule has 0 radical (unpaired) electrons. The topological polar surface area (TPSA) is 65.1 Å². The van der Waals surface area contributed by atoms with Crippen molar-refractivity contribution in [3.63, 3.8) is 0 Å². The van der Waals surface area contributed by atoms with Crippen LogP contribution in [0.15, 0.2) is 18.5 Å². The van der Waals surface area contributed by atoms with Gasteiger partial charge in [-0.3, -0.25) is 4.79 Å². The van der Waals surface area contributed by atoms with Gasteiger partial charge in [0.25, 0.3) is 0 Å². The van der Waals surface area contributed by atoms with Crippen LogP contribution < -0.4 is 5.32 Å². The largest absolute Gasteiger partial charge is 0.480 e. The summed E-state index contributed by atoms with van der Waals surface area (Å²) in [5.74, 6) is -0.824. The van der Waals surface area contributed by atoms with Gasteiger partial charge in [0.05, 0.1) is 6.54 Å². The Bertz CT molecular complexity index is 291. The molecule has 1 rings (SSSR count). The van der Waals surface area contributed by atoms with Gasteiger partial charge < -0.3 is 15.4 Å². The molecule has 0 saturated heterocycles. The normalized spacial score (nSPS) is 11.6. The maximum atomic E-state index is 10.3. The number of hydrogen-bond acceptors (Lipinski definition) is 2. The SMILES string of the molecule is CC(C)(CNCC(=O)O)c1cc[nH]c1. The lowest BCUT2D eigenvalue weighted by Crippen LogP contribution is -2.35. The van der Waals surface area contributed by atoms with Gasteiger partial charge >= 0.3 is 5.97 Å². The van der Waals surface area contributed by atoms with Gasteiger partial charge in [-0.1, -0.05) is 13.8 Å². The van der Waals surface area contributed by atoms with Gasteiger partial charge in [-0.25, -0.2) is 0 Å². The molecule has 1 heterocycles. The first-order chi connectivity index (χ1) is 6.52. The number of H-pyrrole nitrogens is 1. The predicted octanol–water partition coefficient (Wildman–Crippen LogP) is 0.966. The molecule has 0 aliphatic rings. The van der Waals surface area contributed by atoms with Crippen molar-refractivity contribution in [2.24, 2.45) is 0 Å². The van der Waals surface area contributed by atoms with E-state index < -0.39 is 5.97 Å². The van der Waals surface area contributed by atoms with Crippen LogP contribution in [0.5, 0.6) is 0 Å². The molecule has 3 N–H and O–H groups in total. The molecule has 0 aromatic carbocycles. The molecule has 0 aliphatic carbocycles. The molecule has 0 unspecified atom stereocenters. The monoisotopic (exact) mass is 196 g/mol. The van der Waals surface area contributed by atoms with E-state index in [9.17, 15) is 4.79 Å². The first-order valence-electron chi connectivity index (χ1n) is 4.58. The van der Waals surface area contributed by atoms with Crippen LogP contribution in [-0.4, -0.2) is 29.1 Å². The summed E-state index contributed by atoms with van der Waals surface area (Å²) < 4.78 is 0. The number of aliphatic carboxylic acids is 1. The van der Waals surface area contributed by atoms with Crippen LogP contribution in [0.1, 0.15) is 19.4 Å². The number of carbonyl (C=O) groups is 1. The Kier molecular flexibility index (Phi) is 3.30. The minimum Gasteiger partial charge on any atom is -0.480 e. The second-order valence-corrected chi connectivity index (χ2v) is 3.98. The highest BCUT2D eigenvalue weighted by Crippen LogP contribution is 2.21. The molecule has 1 aromatic heterocycles. The quantitative estimate of drug-likeness (QED) is 0.657. The van der Waals surface area contributed by atoms with Crippen LogP contribution in [0.25, 0.3) is 0 Å². The van der Waals surface area contributed by atoms with Gasteiger partial charge in [0.2, 0.25) is 0 Å². The summed E-state index contributed by atoms with van der Waals surface area (Å²) in [7, 11) is 0. The summed E-state index contributed by atoms with van der Waals surface area (Å²) in [5.41, 5.74) is 1.13. The maximum absolute atomic E-state index is 10.3. The van der Waals surface area contributed by atoms with Crippen LogP contribution >= 0.6 is 0 Å². The summed E-state index contributed by atoms with van der Waals surface area (Å²) in [6, 6.07) is 2.00. The highest BCUT2D eigenvalue weighted by molar-refractivity contribution is 5.69. The van der Waals surface area contributed by atoms with Crippen molar-refractivity contribution < 1.29 is 9.90 Å². The molecule has 0 bridgehead atoms. The lowest BCUT2D eigenvalue weighted by atomic mass is 9.86. The van der Waals surface area contributed by atoms with Gasteiger partial charge in [0.1, 0.15) is 0 Å². The van der Waals surface area contributed by atoms with E-state index >= 15 is 0 Å². The van der Waals surface area contributed by atoms with Crippen LogP contribution in [0.3, 0.4) is 0 Å². The fourth-order valence-electron chi connectivity index (χ4n) is 1.33. The molecule has 14 heavy (non-hydrogen) atoms. The number of nitrogens with one attached hydrogen (secondary N) is 2. The summed E-state index contributed by atoms with van der Waals surface area (Å²) >= 11 is 0. The van der Waals surface area contributed by atoms with Crippen molar-refractivity contribution in [1.29, 1.82) is 0 Å². The molecule has 0 atom stereocenters. The van der Waals surface area contributed by atoms with E-state index in [1.807, 2.05) is 18.5 Å². The van der Waals surface area contributed by atoms with E-state index in [0.717, 1.165) is 0 Å². The zero-order chi connectivity index (χ0) is 10.6. The summed E-state index contributed by atoms with van der Waals surface area (Å²) in [4.78, 5) is 13.3. The smallest absolute Gasteiger partial charge is 0.317 e. The number of hydrogen-bond donors (Lipinski definition) is 3. The number of carboxylic acid groups (broad SMARTS) is 1. The molecule has 0 spiro atoms. The Morgan fingerprint density at radius 2 is 2.36 bits per heavy atom. The van der Waals surface area contributed by atoms with Crippen molar-refractivity contribution in [3.05, 3.63) is 24.0 Å². The summed E-state index contributed by atoms with van der Waals surface area (Å²) in [6.07, 6.45) is 3.80. The molecule has 4 nitrogen and oxygen atoms in total.